The Labute approximate surface area is 192 Å². The van der Waals surface area contributed by atoms with Crippen molar-refractivity contribution in [2.45, 2.75) is 26.2 Å². The molecule has 0 bridgehead atoms. The van der Waals surface area contributed by atoms with Crippen molar-refractivity contribution in [3.63, 3.8) is 0 Å². The number of methoxy groups -OCH3 is 1. The third-order valence-electron chi connectivity index (χ3n) is 5.66. The standard InChI is InChI=1S/C24H27N7O2/c1-13(2)19(10-26-14(3)33-5)21-6-15-7-22(27-11-20(15)23(25)29-21)30-24(32)18-8-17(18)16-9-28-31(4)12-16/h6-7,9-12,17-18H,3,8H2,1-2,4-5H3,(H2,25,29)(H,27,30,32)/b26-10-/t17-,18+/m1/s1. The summed E-state index contributed by atoms with van der Waals surface area (Å²) in [4.78, 5) is 25.9. The van der Waals surface area contributed by atoms with E-state index in [1.807, 2.05) is 45.4 Å². The number of hydrogen-bond acceptors (Lipinski definition) is 7. The molecule has 3 N–H and O–H groups in total. The van der Waals surface area contributed by atoms with Gasteiger partial charge in [0.05, 0.1) is 19.0 Å². The fourth-order valence-corrected chi connectivity index (χ4v) is 3.72. The molecule has 33 heavy (non-hydrogen) atoms. The number of allylic oxidation sites excluding steroid dienone is 2. The summed E-state index contributed by atoms with van der Waals surface area (Å²) in [5.41, 5.74) is 9.77. The smallest absolute Gasteiger partial charge is 0.229 e. The highest BCUT2D eigenvalue weighted by Crippen LogP contribution is 2.47. The lowest BCUT2D eigenvalue weighted by atomic mass is 10.1. The van der Waals surface area contributed by atoms with Crippen LogP contribution in [0.3, 0.4) is 0 Å². The van der Waals surface area contributed by atoms with Crippen molar-refractivity contribution in [2.24, 2.45) is 18.0 Å². The number of amides is 1. The van der Waals surface area contributed by atoms with Crippen LogP contribution in [0.4, 0.5) is 11.6 Å². The molecular weight excluding hydrogens is 418 g/mol. The molecule has 170 valence electrons. The molecule has 0 radical (unpaired) electrons. The van der Waals surface area contributed by atoms with Crippen LogP contribution in [0.25, 0.3) is 16.3 Å². The number of pyridine rings is 2. The summed E-state index contributed by atoms with van der Waals surface area (Å²) >= 11 is 0. The maximum Gasteiger partial charge on any atom is 0.229 e. The molecule has 3 heterocycles. The van der Waals surface area contributed by atoms with Crippen LogP contribution in [0.5, 0.6) is 0 Å². The Kier molecular flexibility index (Phi) is 5.95. The molecule has 3 aromatic heterocycles. The Morgan fingerprint density at radius 2 is 2.15 bits per heavy atom. The first-order valence-electron chi connectivity index (χ1n) is 10.6. The van der Waals surface area contributed by atoms with Crippen LogP contribution in [-0.2, 0) is 16.6 Å². The molecule has 2 atom stereocenters. The number of aliphatic imine (C=N–C) groups is 1. The molecule has 0 aliphatic heterocycles. The van der Waals surface area contributed by atoms with Crippen molar-refractivity contribution in [3.05, 3.63) is 60.0 Å². The van der Waals surface area contributed by atoms with E-state index in [-0.39, 0.29) is 17.7 Å². The Bertz CT molecular complexity index is 1300. The zero-order chi connectivity index (χ0) is 23.7. The number of fused-ring (bicyclic) bond motifs is 1. The summed E-state index contributed by atoms with van der Waals surface area (Å²) in [6, 6.07) is 3.71. The van der Waals surface area contributed by atoms with Gasteiger partial charge in [-0.3, -0.25) is 9.48 Å². The normalized spacial score (nSPS) is 17.2. The van der Waals surface area contributed by atoms with Crippen molar-refractivity contribution in [2.75, 3.05) is 18.2 Å². The topological polar surface area (TPSA) is 120 Å². The number of hydrogen-bond donors (Lipinski definition) is 2. The number of rotatable bonds is 7. The van der Waals surface area contributed by atoms with Crippen LogP contribution in [0.15, 0.2) is 53.8 Å². The molecule has 4 rings (SSSR count). The number of anilines is 2. The number of nitrogens with one attached hydrogen (secondary N) is 1. The lowest BCUT2D eigenvalue weighted by Gasteiger charge is -2.10. The lowest BCUT2D eigenvalue weighted by molar-refractivity contribution is -0.117. The lowest BCUT2D eigenvalue weighted by Crippen LogP contribution is -2.15. The monoisotopic (exact) mass is 445 g/mol. The molecule has 0 unspecified atom stereocenters. The van der Waals surface area contributed by atoms with Gasteiger partial charge in [-0.2, -0.15) is 5.10 Å². The summed E-state index contributed by atoms with van der Waals surface area (Å²) in [5.74, 6) is 1.19. The van der Waals surface area contributed by atoms with Gasteiger partial charge in [0, 0.05) is 42.5 Å². The number of carbonyl (C=O) groups is 1. The van der Waals surface area contributed by atoms with E-state index < -0.39 is 0 Å². The van der Waals surface area contributed by atoms with Crippen molar-refractivity contribution in [1.82, 2.24) is 19.7 Å². The summed E-state index contributed by atoms with van der Waals surface area (Å²) in [5, 5.41) is 8.66. The van der Waals surface area contributed by atoms with Crippen molar-refractivity contribution in [3.8, 4) is 0 Å². The van der Waals surface area contributed by atoms with E-state index in [2.05, 4.69) is 32.0 Å². The highest BCUT2D eigenvalue weighted by molar-refractivity contribution is 6.12. The van der Waals surface area contributed by atoms with Crippen LogP contribution >= 0.6 is 0 Å². The summed E-state index contributed by atoms with van der Waals surface area (Å²) in [6.45, 7) is 7.64. The first-order chi connectivity index (χ1) is 15.8. The van der Waals surface area contributed by atoms with E-state index in [4.69, 9.17) is 10.5 Å². The summed E-state index contributed by atoms with van der Waals surface area (Å²) in [6.07, 6.45) is 7.86. The molecule has 9 nitrogen and oxygen atoms in total. The molecule has 1 aliphatic carbocycles. The predicted molar refractivity (Wildman–Crippen MR) is 130 cm³/mol. The average Bonchev–Trinajstić information content (AvgIpc) is 3.46. The molecular formula is C24H27N7O2. The SMILES string of the molecule is C=C(/N=C\C(=C(C)C)c1cc2cc(NC(=O)[C@H]3C[C@@H]3c3cnn(C)c3)ncc2c(N)n1)OC. The van der Waals surface area contributed by atoms with Gasteiger partial charge >= 0.3 is 0 Å². The summed E-state index contributed by atoms with van der Waals surface area (Å²) < 4.78 is 6.76. The molecule has 1 saturated carbocycles. The molecule has 1 fully saturated rings. The Balaban J connectivity index is 1.58. The molecule has 1 amide bonds. The Morgan fingerprint density at radius 1 is 1.36 bits per heavy atom. The number of aromatic nitrogens is 4. The first-order valence-corrected chi connectivity index (χ1v) is 10.6. The van der Waals surface area contributed by atoms with Gasteiger partial charge in [-0.15, -0.1) is 0 Å². The fraction of sp³-hybridized carbons (Fsp3) is 0.292. The minimum atomic E-state index is -0.0767. The van der Waals surface area contributed by atoms with E-state index in [0.717, 1.165) is 28.5 Å². The van der Waals surface area contributed by atoms with Crippen LogP contribution < -0.4 is 11.1 Å². The largest absolute Gasteiger partial charge is 0.481 e. The van der Waals surface area contributed by atoms with Crippen LogP contribution in [-0.4, -0.2) is 39.0 Å². The van der Waals surface area contributed by atoms with Gasteiger partial charge < -0.3 is 15.8 Å². The highest BCUT2D eigenvalue weighted by atomic mass is 16.5. The minimum Gasteiger partial charge on any atom is -0.481 e. The molecule has 9 heteroatoms. The molecule has 3 aromatic rings. The van der Waals surface area contributed by atoms with E-state index in [0.29, 0.717) is 28.6 Å². The van der Waals surface area contributed by atoms with Gasteiger partial charge in [0.15, 0.2) is 0 Å². The third-order valence-corrected chi connectivity index (χ3v) is 5.66. The maximum atomic E-state index is 12.7. The van der Waals surface area contributed by atoms with Crippen molar-refractivity contribution < 1.29 is 9.53 Å². The van der Waals surface area contributed by atoms with E-state index in [1.54, 1.807) is 17.1 Å². The second-order valence-corrected chi connectivity index (χ2v) is 8.34. The second-order valence-electron chi connectivity index (χ2n) is 8.34. The van der Waals surface area contributed by atoms with E-state index >= 15 is 0 Å². The molecule has 0 aromatic carbocycles. The van der Waals surface area contributed by atoms with Crippen molar-refractivity contribution in [1.29, 1.82) is 0 Å². The number of nitrogen functional groups attached to an aromatic ring is 1. The van der Waals surface area contributed by atoms with Crippen LogP contribution in [0.1, 0.15) is 37.4 Å². The number of nitrogens with zero attached hydrogens (tertiary/aromatic N) is 5. The van der Waals surface area contributed by atoms with Gasteiger partial charge in [-0.25, -0.2) is 15.0 Å². The van der Waals surface area contributed by atoms with Gasteiger partial charge in [0.25, 0.3) is 0 Å². The van der Waals surface area contributed by atoms with Crippen molar-refractivity contribution >= 4 is 40.1 Å². The van der Waals surface area contributed by atoms with Crippen LogP contribution in [0.2, 0.25) is 0 Å². The quantitative estimate of drug-likeness (QED) is 0.423. The Morgan fingerprint density at radius 3 is 2.82 bits per heavy atom. The summed E-state index contributed by atoms with van der Waals surface area (Å²) in [7, 11) is 3.38. The number of ether oxygens (including phenoxy) is 1. The minimum absolute atomic E-state index is 0.0480. The van der Waals surface area contributed by atoms with Crippen LogP contribution in [0, 0.1) is 5.92 Å². The Hall–Kier alpha value is -4.01. The molecule has 1 aliphatic rings. The zero-order valence-electron chi connectivity index (χ0n) is 19.2. The number of aryl methyl sites for hydroxylation is 1. The average molecular weight is 446 g/mol. The third kappa shape index (κ3) is 4.77. The van der Waals surface area contributed by atoms with Gasteiger partial charge in [-0.05, 0) is 55.8 Å². The second kappa shape index (κ2) is 8.85. The molecule has 0 spiro atoms. The zero-order valence-corrected chi connectivity index (χ0v) is 19.2. The highest BCUT2D eigenvalue weighted by Gasteiger charge is 2.44. The van der Waals surface area contributed by atoms with Gasteiger partial charge in [-0.1, -0.05) is 5.57 Å². The van der Waals surface area contributed by atoms with Gasteiger partial charge in [0.1, 0.15) is 11.6 Å². The maximum absolute atomic E-state index is 12.7. The fourth-order valence-electron chi connectivity index (χ4n) is 3.72. The predicted octanol–water partition coefficient (Wildman–Crippen LogP) is 3.67. The van der Waals surface area contributed by atoms with E-state index in [1.165, 1.54) is 7.11 Å². The first kappa shape index (κ1) is 22.2. The number of nitrogens with two attached hydrogens (primary N) is 1. The van der Waals surface area contributed by atoms with E-state index in [9.17, 15) is 4.79 Å². The number of carbonyl (C=O) groups excluding carboxylic acids is 1. The van der Waals surface area contributed by atoms with Gasteiger partial charge in [0.2, 0.25) is 11.8 Å². The molecule has 0 saturated heterocycles.